The standard InChI is InChI=1S/C16H27N3O2.ClH/c1-10(20)19-6-5-13(9-19)16(21)18-15-11-3-2-4-12(15)8-14(17)7-11;/h11-15H,2-9,17H2,1H3,(H,18,21);1H. The van der Waals surface area contributed by atoms with E-state index in [9.17, 15) is 9.59 Å². The van der Waals surface area contributed by atoms with E-state index in [-0.39, 0.29) is 30.1 Å². The Labute approximate surface area is 138 Å². The molecule has 1 aliphatic heterocycles. The molecule has 2 saturated carbocycles. The first-order chi connectivity index (χ1) is 10.0. The SMILES string of the molecule is CC(=O)N1CCC(C(=O)NC2C3CCCC2CC(N)C3)C1.Cl. The van der Waals surface area contributed by atoms with Gasteiger partial charge < -0.3 is 16.0 Å². The van der Waals surface area contributed by atoms with Crippen LogP contribution < -0.4 is 11.1 Å². The van der Waals surface area contributed by atoms with Gasteiger partial charge in [0.1, 0.15) is 0 Å². The van der Waals surface area contributed by atoms with Crippen LogP contribution in [0.2, 0.25) is 0 Å². The third kappa shape index (κ3) is 3.57. The quantitative estimate of drug-likeness (QED) is 0.801. The first kappa shape index (κ1) is 17.5. The number of carbonyl (C=O) groups is 2. The highest BCUT2D eigenvalue weighted by Gasteiger charge is 2.41. The lowest BCUT2D eigenvalue weighted by molar-refractivity contribution is -0.129. The van der Waals surface area contributed by atoms with Crippen LogP contribution in [0.3, 0.4) is 0 Å². The van der Waals surface area contributed by atoms with Crippen molar-refractivity contribution in [1.29, 1.82) is 0 Å². The van der Waals surface area contributed by atoms with Crippen LogP contribution in [0.1, 0.15) is 45.4 Å². The number of amides is 2. The maximum atomic E-state index is 12.5. The molecule has 3 atom stereocenters. The zero-order valence-corrected chi connectivity index (χ0v) is 14.1. The van der Waals surface area contributed by atoms with Gasteiger partial charge in [-0.15, -0.1) is 12.4 Å². The van der Waals surface area contributed by atoms with Crippen molar-refractivity contribution in [1.82, 2.24) is 10.2 Å². The number of nitrogens with one attached hydrogen (secondary N) is 1. The third-order valence-electron chi connectivity index (χ3n) is 5.69. The summed E-state index contributed by atoms with van der Waals surface area (Å²) in [5, 5.41) is 3.31. The van der Waals surface area contributed by atoms with Gasteiger partial charge in [0.05, 0.1) is 5.92 Å². The van der Waals surface area contributed by atoms with Gasteiger partial charge in [-0.1, -0.05) is 6.42 Å². The zero-order valence-electron chi connectivity index (χ0n) is 13.3. The van der Waals surface area contributed by atoms with E-state index in [4.69, 9.17) is 5.73 Å². The number of likely N-dealkylation sites (tertiary alicyclic amines) is 1. The summed E-state index contributed by atoms with van der Waals surface area (Å²) in [4.78, 5) is 25.7. The van der Waals surface area contributed by atoms with E-state index >= 15 is 0 Å². The Kier molecular flexibility index (Phi) is 5.72. The van der Waals surface area contributed by atoms with Crippen molar-refractivity contribution in [3.05, 3.63) is 0 Å². The van der Waals surface area contributed by atoms with Crippen molar-refractivity contribution < 1.29 is 9.59 Å². The van der Waals surface area contributed by atoms with Gasteiger partial charge >= 0.3 is 0 Å². The van der Waals surface area contributed by atoms with E-state index < -0.39 is 0 Å². The molecule has 1 saturated heterocycles. The summed E-state index contributed by atoms with van der Waals surface area (Å²) in [6.07, 6.45) is 6.55. The molecule has 2 aliphatic carbocycles. The third-order valence-corrected chi connectivity index (χ3v) is 5.69. The normalized spacial score (nSPS) is 37.4. The highest BCUT2D eigenvalue weighted by atomic mass is 35.5. The largest absolute Gasteiger partial charge is 0.353 e. The van der Waals surface area contributed by atoms with E-state index in [2.05, 4.69) is 5.32 Å². The summed E-state index contributed by atoms with van der Waals surface area (Å²) in [7, 11) is 0. The lowest BCUT2D eigenvalue weighted by Gasteiger charge is -2.45. The Morgan fingerprint density at radius 1 is 1.14 bits per heavy atom. The molecule has 3 aliphatic rings. The molecule has 5 nitrogen and oxygen atoms in total. The highest BCUT2D eigenvalue weighted by molar-refractivity contribution is 5.85. The molecule has 3 unspecified atom stereocenters. The van der Waals surface area contributed by atoms with Crippen LogP contribution in [0.5, 0.6) is 0 Å². The Bertz CT molecular complexity index is 418. The Hall–Kier alpha value is -0.810. The predicted molar refractivity (Wildman–Crippen MR) is 87.6 cm³/mol. The number of halogens is 1. The van der Waals surface area contributed by atoms with Crippen LogP contribution in [0.4, 0.5) is 0 Å². The second-order valence-corrected chi connectivity index (χ2v) is 7.17. The van der Waals surface area contributed by atoms with Crippen molar-refractivity contribution in [2.24, 2.45) is 23.5 Å². The van der Waals surface area contributed by atoms with Crippen LogP contribution in [0.15, 0.2) is 0 Å². The summed E-state index contributed by atoms with van der Waals surface area (Å²) < 4.78 is 0. The summed E-state index contributed by atoms with van der Waals surface area (Å²) in [6.45, 7) is 2.88. The van der Waals surface area contributed by atoms with E-state index in [1.54, 1.807) is 11.8 Å². The minimum Gasteiger partial charge on any atom is -0.353 e. The van der Waals surface area contributed by atoms with E-state index in [0.29, 0.717) is 30.5 Å². The molecular formula is C16H28ClN3O2. The summed E-state index contributed by atoms with van der Waals surface area (Å²) in [5.74, 6) is 1.32. The van der Waals surface area contributed by atoms with Crippen molar-refractivity contribution in [3.63, 3.8) is 0 Å². The minimum atomic E-state index is -0.0229. The second-order valence-electron chi connectivity index (χ2n) is 7.17. The summed E-state index contributed by atoms with van der Waals surface area (Å²) in [6, 6.07) is 0.630. The van der Waals surface area contributed by atoms with Gasteiger partial charge in [0.25, 0.3) is 0 Å². The minimum absolute atomic E-state index is 0. The molecule has 6 heteroatoms. The number of nitrogens with two attached hydrogens (primary N) is 1. The highest BCUT2D eigenvalue weighted by Crippen LogP contribution is 2.39. The van der Waals surface area contributed by atoms with Crippen molar-refractivity contribution >= 4 is 24.2 Å². The number of fused-ring (bicyclic) bond motifs is 2. The Balaban J connectivity index is 0.00000176. The number of carbonyl (C=O) groups excluding carboxylic acids is 2. The molecule has 2 bridgehead atoms. The molecule has 3 rings (SSSR count). The van der Waals surface area contributed by atoms with Gasteiger partial charge in [-0.3, -0.25) is 9.59 Å². The fourth-order valence-corrected chi connectivity index (χ4v) is 4.57. The Morgan fingerprint density at radius 2 is 1.77 bits per heavy atom. The second kappa shape index (κ2) is 7.18. The fraction of sp³-hybridized carbons (Fsp3) is 0.875. The van der Waals surface area contributed by atoms with Crippen LogP contribution in [-0.2, 0) is 9.59 Å². The average Bonchev–Trinajstić information content (AvgIpc) is 2.89. The number of nitrogens with zero attached hydrogens (tertiary/aromatic N) is 1. The molecule has 2 amide bonds. The maximum absolute atomic E-state index is 12.5. The summed E-state index contributed by atoms with van der Waals surface area (Å²) in [5.41, 5.74) is 6.13. The predicted octanol–water partition coefficient (Wildman–Crippen LogP) is 1.30. The van der Waals surface area contributed by atoms with Crippen LogP contribution in [0, 0.1) is 17.8 Å². The Morgan fingerprint density at radius 3 is 2.32 bits per heavy atom. The first-order valence-corrected chi connectivity index (χ1v) is 8.36. The van der Waals surface area contributed by atoms with Gasteiger partial charge in [-0.25, -0.2) is 0 Å². The molecule has 3 fully saturated rings. The molecule has 0 spiro atoms. The molecule has 0 radical (unpaired) electrons. The monoisotopic (exact) mass is 329 g/mol. The molecule has 0 aromatic rings. The first-order valence-electron chi connectivity index (χ1n) is 8.36. The van der Waals surface area contributed by atoms with Crippen molar-refractivity contribution in [2.45, 2.75) is 57.5 Å². The number of hydrogen-bond donors (Lipinski definition) is 2. The molecule has 3 N–H and O–H groups in total. The van der Waals surface area contributed by atoms with E-state index in [0.717, 1.165) is 25.8 Å². The number of rotatable bonds is 2. The average molecular weight is 330 g/mol. The molecule has 1 heterocycles. The van der Waals surface area contributed by atoms with Crippen molar-refractivity contribution in [2.75, 3.05) is 13.1 Å². The van der Waals surface area contributed by atoms with Gasteiger partial charge in [0, 0.05) is 32.1 Å². The van der Waals surface area contributed by atoms with Gasteiger partial charge in [-0.2, -0.15) is 0 Å². The fourth-order valence-electron chi connectivity index (χ4n) is 4.57. The topological polar surface area (TPSA) is 75.4 Å². The van der Waals surface area contributed by atoms with E-state index in [1.165, 1.54) is 19.3 Å². The lowest BCUT2D eigenvalue weighted by atomic mass is 9.67. The van der Waals surface area contributed by atoms with Gasteiger partial charge in [0.2, 0.25) is 11.8 Å². The van der Waals surface area contributed by atoms with Crippen LogP contribution in [-0.4, -0.2) is 41.9 Å². The van der Waals surface area contributed by atoms with Crippen molar-refractivity contribution in [3.8, 4) is 0 Å². The maximum Gasteiger partial charge on any atom is 0.225 e. The van der Waals surface area contributed by atoms with Gasteiger partial charge in [0.15, 0.2) is 0 Å². The van der Waals surface area contributed by atoms with Crippen LogP contribution in [0.25, 0.3) is 0 Å². The molecule has 0 aromatic heterocycles. The van der Waals surface area contributed by atoms with Gasteiger partial charge in [-0.05, 0) is 43.9 Å². The molecular weight excluding hydrogens is 302 g/mol. The van der Waals surface area contributed by atoms with Crippen LogP contribution >= 0.6 is 12.4 Å². The zero-order chi connectivity index (χ0) is 15.0. The van der Waals surface area contributed by atoms with E-state index in [1.807, 2.05) is 0 Å². The number of hydrogen-bond acceptors (Lipinski definition) is 3. The molecule has 126 valence electrons. The molecule has 0 aromatic carbocycles. The molecule has 22 heavy (non-hydrogen) atoms. The summed E-state index contributed by atoms with van der Waals surface area (Å²) >= 11 is 0. The smallest absolute Gasteiger partial charge is 0.225 e. The lowest BCUT2D eigenvalue weighted by Crippen LogP contribution is -2.54.